The van der Waals surface area contributed by atoms with Gasteiger partial charge in [-0.3, -0.25) is 9.69 Å². The Kier molecular flexibility index (Phi) is 4.96. The highest BCUT2D eigenvalue weighted by Gasteiger charge is 2.40. The van der Waals surface area contributed by atoms with E-state index in [0.717, 1.165) is 15.7 Å². The zero-order valence-corrected chi connectivity index (χ0v) is 17.1. The fourth-order valence-electron chi connectivity index (χ4n) is 4.14. The standard InChI is InChI=1S/C23H17BrN4O/c24-16-7-3-6-14(11-16)21-17(13-26)23(27)28(18-8-2-1-5-15(18)12-25)19-9-4-10-20(29)22(19)21/h1-3,5-8,11,21H,4,9-10,27H2. The van der Waals surface area contributed by atoms with Gasteiger partial charge in [0.15, 0.2) is 5.78 Å². The molecule has 29 heavy (non-hydrogen) atoms. The molecular weight excluding hydrogens is 428 g/mol. The largest absolute Gasteiger partial charge is 0.384 e. The summed E-state index contributed by atoms with van der Waals surface area (Å²) < 4.78 is 0.869. The lowest BCUT2D eigenvalue weighted by atomic mass is 9.75. The zero-order valence-electron chi connectivity index (χ0n) is 15.5. The van der Waals surface area contributed by atoms with Gasteiger partial charge >= 0.3 is 0 Å². The van der Waals surface area contributed by atoms with Crippen LogP contribution < -0.4 is 10.6 Å². The number of ketones is 1. The average Bonchev–Trinajstić information content (AvgIpc) is 2.73. The molecule has 0 radical (unpaired) electrons. The Morgan fingerprint density at radius 3 is 2.59 bits per heavy atom. The predicted molar refractivity (Wildman–Crippen MR) is 113 cm³/mol. The first kappa shape index (κ1) is 19.0. The van der Waals surface area contributed by atoms with E-state index in [2.05, 4.69) is 28.1 Å². The maximum atomic E-state index is 13.1. The van der Waals surface area contributed by atoms with Crippen LogP contribution >= 0.6 is 15.9 Å². The highest BCUT2D eigenvalue weighted by molar-refractivity contribution is 9.10. The molecule has 0 bridgehead atoms. The van der Waals surface area contributed by atoms with Gasteiger partial charge in [0.2, 0.25) is 0 Å². The third kappa shape index (κ3) is 3.12. The normalized spacial score (nSPS) is 18.9. The molecule has 1 unspecified atom stereocenters. The smallest absolute Gasteiger partial charge is 0.161 e. The molecule has 5 nitrogen and oxygen atoms in total. The number of rotatable bonds is 2. The fraction of sp³-hybridized carbons (Fsp3) is 0.174. The van der Waals surface area contributed by atoms with E-state index in [9.17, 15) is 15.3 Å². The molecule has 2 aromatic carbocycles. The van der Waals surface area contributed by atoms with Gasteiger partial charge in [0, 0.05) is 22.2 Å². The Bertz CT molecular complexity index is 1170. The number of hydrogen-bond donors (Lipinski definition) is 1. The summed E-state index contributed by atoms with van der Waals surface area (Å²) in [7, 11) is 0. The van der Waals surface area contributed by atoms with Crippen LogP contribution in [0.15, 0.2) is 75.7 Å². The van der Waals surface area contributed by atoms with Crippen LogP contribution in [0.2, 0.25) is 0 Å². The van der Waals surface area contributed by atoms with Gasteiger partial charge in [-0.2, -0.15) is 10.5 Å². The van der Waals surface area contributed by atoms with Crippen LogP contribution in [-0.4, -0.2) is 5.78 Å². The summed E-state index contributed by atoms with van der Waals surface area (Å²) in [5.74, 6) is -0.213. The van der Waals surface area contributed by atoms with E-state index in [1.165, 1.54) is 0 Å². The van der Waals surface area contributed by atoms with Crippen LogP contribution in [0.25, 0.3) is 0 Å². The van der Waals surface area contributed by atoms with Crippen molar-refractivity contribution >= 4 is 27.4 Å². The first-order valence-electron chi connectivity index (χ1n) is 9.27. The van der Waals surface area contributed by atoms with Crippen molar-refractivity contribution in [1.29, 1.82) is 10.5 Å². The van der Waals surface area contributed by atoms with E-state index in [-0.39, 0.29) is 11.6 Å². The van der Waals surface area contributed by atoms with Crippen LogP contribution in [0.1, 0.15) is 36.3 Å². The van der Waals surface area contributed by atoms with E-state index in [0.29, 0.717) is 41.7 Å². The molecule has 0 aromatic heterocycles. The number of carbonyl (C=O) groups excluding carboxylic acids is 1. The lowest BCUT2D eigenvalue weighted by Gasteiger charge is -2.40. The minimum absolute atomic E-state index is 0.0240. The summed E-state index contributed by atoms with van der Waals surface area (Å²) in [5, 5.41) is 19.6. The van der Waals surface area contributed by atoms with Crippen molar-refractivity contribution in [2.45, 2.75) is 25.2 Å². The van der Waals surface area contributed by atoms with E-state index in [1.807, 2.05) is 30.3 Å². The van der Waals surface area contributed by atoms with Gasteiger partial charge in [-0.25, -0.2) is 0 Å². The highest BCUT2D eigenvalue weighted by atomic mass is 79.9. The van der Waals surface area contributed by atoms with Gasteiger partial charge in [-0.05, 0) is 42.7 Å². The highest BCUT2D eigenvalue weighted by Crippen LogP contribution is 2.46. The lowest BCUT2D eigenvalue weighted by Crippen LogP contribution is -2.39. The lowest BCUT2D eigenvalue weighted by molar-refractivity contribution is -0.116. The van der Waals surface area contributed by atoms with Crippen molar-refractivity contribution in [3.8, 4) is 12.1 Å². The topological polar surface area (TPSA) is 93.9 Å². The van der Waals surface area contributed by atoms with Crippen LogP contribution in [0.4, 0.5) is 5.69 Å². The molecule has 1 aliphatic carbocycles. The molecule has 2 N–H and O–H groups in total. The summed E-state index contributed by atoms with van der Waals surface area (Å²) in [4.78, 5) is 14.8. The van der Waals surface area contributed by atoms with Gasteiger partial charge < -0.3 is 5.73 Å². The van der Waals surface area contributed by atoms with Crippen molar-refractivity contribution in [3.05, 3.63) is 86.8 Å². The minimum Gasteiger partial charge on any atom is -0.384 e. The number of nitrogens with zero attached hydrogens (tertiary/aromatic N) is 3. The molecule has 0 saturated heterocycles. The van der Waals surface area contributed by atoms with Crippen LogP contribution in [0.5, 0.6) is 0 Å². The first-order valence-corrected chi connectivity index (χ1v) is 10.1. The van der Waals surface area contributed by atoms with Gasteiger partial charge in [-0.1, -0.05) is 40.2 Å². The van der Waals surface area contributed by atoms with E-state index in [1.54, 1.807) is 23.1 Å². The fourth-order valence-corrected chi connectivity index (χ4v) is 4.56. The molecule has 142 valence electrons. The third-order valence-corrected chi connectivity index (χ3v) is 5.85. The number of allylic oxidation sites excluding steroid dienone is 3. The Hall–Kier alpha value is -3.35. The molecule has 1 heterocycles. The number of hydrogen-bond acceptors (Lipinski definition) is 5. The number of nitriles is 2. The summed E-state index contributed by atoms with van der Waals surface area (Å²) in [6, 6.07) is 19.1. The number of carbonyl (C=O) groups is 1. The zero-order chi connectivity index (χ0) is 20.5. The minimum atomic E-state index is -0.509. The average molecular weight is 445 g/mol. The number of Topliss-reactive ketones (excluding diaryl/α,β-unsaturated/α-hetero) is 1. The number of benzene rings is 2. The quantitative estimate of drug-likeness (QED) is 0.728. The van der Waals surface area contributed by atoms with Gasteiger partial charge in [0.1, 0.15) is 11.9 Å². The molecule has 0 saturated carbocycles. The second-order valence-corrected chi connectivity index (χ2v) is 7.92. The van der Waals surface area contributed by atoms with Gasteiger partial charge in [-0.15, -0.1) is 0 Å². The maximum absolute atomic E-state index is 13.1. The Labute approximate surface area is 177 Å². The van der Waals surface area contributed by atoms with E-state index >= 15 is 0 Å². The molecule has 1 atom stereocenters. The summed E-state index contributed by atoms with van der Waals surface area (Å²) in [6.45, 7) is 0. The second kappa shape index (κ2) is 7.58. The second-order valence-electron chi connectivity index (χ2n) is 7.00. The molecule has 0 fully saturated rings. The van der Waals surface area contributed by atoms with Crippen LogP contribution in [0, 0.1) is 22.7 Å². The molecule has 2 aliphatic rings. The van der Waals surface area contributed by atoms with Crippen molar-refractivity contribution < 1.29 is 4.79 Å². The predicted octanol–water partition coefficient (Wildman–Crippen LogP) is 4.63. The summed E-state index contributed by atoms with van der Waals surface area (Å²) in [5.41, 5.74) is 10.1. The molecule has 0 spiro atoms. The van der Waals surface area contributed by atoms with E-state index < -0.39 is 5.92 Å². The Morgan fingerprint density at radius 1 is 1.07 bits per heavy atom. The molecule has 6 heteroatoms. The molecule has 1 aliphatic heterocycles. The Morgan fingerprint density at radius 2 is 1.86 bits per heavy atom. The molecule has 0 amide bonds. The number of nitrogens with two attached hydrogens (primary N) is 1. The number of anilines is 1. The van der Waals surface area contributed by atoms with E-state index in [4.69, 9.17) is 5.73 Å². The van der Waals surface area contributed by atoms with Crippen molar-refractivity contribution in [1.82, 2.24) is 0 Å². The molecular formula is C23H17BrN4O. The number of halogens is 1. The summed E-state index contributed by atoms with van der Waals surface area (Å²) >= 11 is 3.48. The molecule has 4 rings (SSSR count). The summed E-state index contributed by atoms with van der Waals surface area (Å²) in [6.07, 6.45) is 1.81. The van der Waals surface area contributed by atoms with Crippen molar-refractivity contribution in [2.75, 3.05) is 4.90 Å². The molecule has 2 aromatic rings. The maximum Gasteiger partial charge on any atom is 0.161 e. The van der Waals surface area contributed by atoms with Crippen LogP contribution in [0.3, 0.4) is 0 Å². The number of para-hydroxylation sites is 1. The first-order chi connectivity index (χ1) is 14.1. The van der Waals surface area contributed by atoms with Crippen LogP contribution in [-0.2, 0) is 4.79 Å². The monoisotopic (exact) mass is 444 g/mol. The van der Waals surface area contributed by atoms with Gasteiger partial charge in [0.25, 0.3) is 0 Å². The van der Waals surface area contributed by atoms with Crippen molar-refractivity contribution in [2.24, 2.45) is 5.73 Å². The SMILES string of the molecule is N#CC1=C(N)N(c2ccccc2C#N)C2=C(C(=O)CCC2)C1c1cccc(Br)c1. The van der Waals surface area contributed by atoms with Gasteiger partial charge in [0.05, 0.1) is 28.8 Å². The van der Waals surface area contributed by atoms with Crippen molar-refractivity contribution in [3.63, 3.8) is 0 Å². The third-order valence-electron chi connectivity index (χ3n) is 5.36. The Balaban J connectivity index is 2.01.